The summed E-state index contributed by atoms with van der Waals surface area (Å²) in [5, 5.41) is 9.09. The maximum Gasteiger partial charge on any atom is 0.254 e. The average molecular weight is 333 g/mol. The first-order valence-corrected chi connectivity index (χ1v) is 8.34. The van der Waals surface area contributed by atoms with E-state index in [4.69, 9.17) is 14.6 Å². The van der Waals surface area contributed by atoms with Gasteiger partial charge in [0.2, 0.25) is 6.79 Å². The van der Waals surface area contributed by atoms with Crippen molar-refractivity contribution in [3.05, 3.63) is 45.6 Å². The number of ether oxygens (including phenoxy) is 2. The summed E-state index contributed by atoms with van der Waals surface area (Å²) in [5.41, 5.74) is 0.570. The Bertz CT molecular complexity index is 698. The van der Waals surface area contributed by atoms with E-state index in [1.807, 2.05) is 13.0 Å². The number of aliphatic hydroxyl groups is 1. The Morgan fingerprint density at radius 2 is 2.09 bits per heavy atom. The number of nitrogens with zero attached hydrogens (tertiary/aromatic N) is 1. The molecule has 122 valence electrons. The largest absolute Gasteiger partial charge is 0.454 e. The van der Waals surface area contributed by atoms with Gasteiger partial charge in [-0.2, -0.15) is 0 Å². The van der Waals surface area contributed by atoms with Crippen LogP contribution in [0.5, 0.6) is 11.5 Å². The first-order valence-electron chi connectivity index (χ1n) is 7.52. The van der Waals surface area contributed by atoms with Gasteiger partial charge in [-0.25, -0.2) is 0 Å². The lowest BCUT2D eigenvalue weighted by atomic mass is 10.1. The Labute approximate surface area is 139 Å². The molecule has 6 heteroatoms. The van der Waals surface area contributed by atoms with Crippen molar-refractivity contribution in [2.24, 2.45) is 0 Å². The van der Waals surface area contributed by atoms with Crippen molar-refractivity contribution in [3.8, 4) is 11.5 Å². The number of aliphatic hydroxyl groups excluding tert-OH is 1. The minimum atomic E-state index is -0.0668. The summed E-state index contributed by atoms with van der Waals surface area (Å²) in [5.74, 6) is 1.20. The van der Waals surface area contributed by atoms with Crippen LogP contribution in [0.15, 0.2) is 30.3 Å². The molecule has 0 radical (unpaired) electrons. The predicted octanol–water partition coefficient (Wildman–Crippen LogP) is 2.81. The van der Waals surface area contributed by atoms with E-state index in [1.165, 1.54) is 4.88 Å². The van der Waals surface area contributed by atoms with Crippen molar-refractivity contribution in [3.63, 3.8) is 0 Å². The number of carbonyl (C=O) groups excluding carboxylic acids is 1. The molecule has 0 bridgehead atoms. The zero-order valence-corrected chi connectivity index (χ0v) is 13.8. The lowest BCUT2D eigenvalue weighted by Crippen LogP contribution is -2.31. The van der Waals surface area contributed by atoms with Gasteiger partial charge in [0.15, 0.2) is 11.5 Å². The van der Waals surface area contributed by atoms with Crippen LogP contribution in [0.3, 0.4) is 0 Å². The van der Waals surface area contributed by atoms with Crippen LogP contribution in [0, 0.1) is 6.92 Å². The van der Waals surface area contributed by atoms with Crippen LogP contribution in [-0.2, 0) is 6.54 Å². The molecule has 1 amide bonds. The van der Waals surface area contributed by atoms with Gasteiger partial charge >= 0.3 is 0 Å². The van der Waals surface area contributed by atoms with Crippen LogP contribution in [0.25, 0.3) is 0 Å². The normalized spacial score (nSPS) is 12.4. The Morgan fingerprint density at radius 3 is 2.83 bits per heavy atom. The summed E-state index contributed by atoms with van der Waals surface area (Å²) < 4.78 is 10.6. The molecule has 1 aliphatic rings. The third kappa shape index (κ3) is 3.65. The van der Waals surface area contributed by atoms with Crippen molar-refractivity contribution in [1.29, 1.82) is 0 Å². The van der Waals surface area contributed by atoms with Gasteiger partial charge < -0.3 is 19.5 Å². The van der Waals surface area contributed by atoms with Crippen LogP contribution in [0.4, 0.5) is 0 Å². The van der Waals surface area contributed by atoms with Gasteiger partial charge in [-0.05, 0) is 43.7 Å². The molecule has 0 spiro atoms. The van der Waals surface area contributed by atoms with Crippen LogP contribution in [-0.4, -0.2) is 35.9 Å². The van der Waals surface area contributed by atoms with E-state index in [0.29, 0.717) is 36.6 Å². The van der Waals surface area contributed by atoms with Crippen molar-refractivity contribution >= 4 is 17.2 Å². The molecule has 2 heterocycles. The van der Waals surface area contributed by atoms with Crippen LogP contribution < -0.4 is 9.47 Å². The number of hydrogen-bond donors (Lipinski definition) is 1. The third-order valence-electron chi connectivity index (χ3n) is 3.64. The highest BCUT2D eigenvalue weighted by Gasteiger charge is 2.20. The highest BCUT2D eigenvalue weighted by molar-refractivity contribution is 7.11. The zero-order chi connectivity index (χ0) is 16.2. The Morgan fingerprint density at radius 1 is 1.26 bits per heavy atom. The second kappa shape index (κ2) is 7.02. The molecule has 1 aliphatic heterocycles. The number of fused-ring (bicyclic) bond motifs is 1. The van der Waals surface area contributed by atoms with Gasteiger partial charge in [0.1, 0.15) is 0 Å². The van der Waals surface area contributed by atoms with E-state index < -0.39 is 0 Å². The van der Waals surface area contributed by atoms with Gasteiger partial charge in [-0.1, -0.05) is 0 Å². The van der Waals surface area contributed by atoms with E-state index in [9.17, 15) is 4.79 Å². The van der Waals surface area contributed by atoms with E-state index in [0.717, 1.165) is 4.88 Å². The summed E-state index contributed by atoms with van der Waals surface area (Å²) in [6.07, 6.45) is 0.556. The van der Waals surface area contributed by atoms with E-state index in [2.05, 4.69) is 6.07 Å². The first-order chi connectivity index (χ1) is 11.2. The molecule has 0 unspecified atom stereocenters. The summed E-state index contributed by atoms with van der Waals surface area (Å²) >= 11 is 1.68. The highest BCUT2D eigenvalue weighted by atomic mass is 32.1. The topological polar surface area (TPSA) is 59.0 Å². The molecule has 0 saturated carbocycles. The second-order valence-corrected chi connectivity index (χ2v) is 6.76. The van der Waals surface area contributed by atoms with Crippen molar-refractivity contribution in [2.75, 3.05) is 19.9 Å². The van der Waals surface area contributed by atoms with Gasteiger partial charge in [-0.3, -0.25) is 4.79 Å². The molecule has 2 aromatic rings. The summed E-state index contributed by atoms with van der Waals surface area (Å²) in [7, 11) is 0. The predicted molar refractivity (Wildman–Crippen MR) is 88.1 cm³/mol. The standard InChI is InChI=1S/C17H19NO4S/c1-12-3-5-14(23-12)10-18(7-2-8-19)17(20)13-4-6-15-16(9-13)22-11-21-15/h3-6,9,19H,2,7-8,10-11H2,1H3. The fourth-order valence-electron chi connectivity index (χ4n) is 2.48. The molecule has 1 aromatic carbocycles. The van der Waals surface area contributed by atoms with E-state index in [1.54, 1.807) is 34.4 Å². The number of benzene rings is 1. The molecule has 0 atom stereocenters. The Hall–Kier alpha value is -2.05. The van der Waals surface area contributed by atoms with E-state index >= 15 is 0 Å². The number of aryl methyl sites for hydroxylation is 1. The number of rotatable bonds is 6. The molecule has 5 nitrogen and oxygen atoms in total. The van der Waals surface area contributed by atoms with Crippen LogP contribution >= 0.6 is 11.3 Å². The van der Waals surface area contributed by atoms with Crippen molar-refractivity contribution in [2.45, 2.75) is 19.9 Å². The molecule has 0 fully saturated rings. The summed E-state index contributed by atoms with van der Waals surface area (Å²) in [6.45, 7) is 3.36. The number of amides is 1. The average Bonchev–Trinajstić information content (AvgIpc) is 3.18. The third-order valence-corrected chi connectivity index (χ3v) is 4.62. The van der Waals surface area contributed by atoms with Crippen molar-refractivity contribution in [1.82, 2.24) is 4.90 Å². The van der Waals surface area contributed by atoms with Gasteiger partial charge in [0.05, 0.1) is 6.54 Å². The highest BCUT2D eigenvalue weighted by Crippen LogP contribution is 2.33. The van der Waals surface area contributed by atoms with Crippen molar-refractivity contribution < 1.29 is 19.4 Å². The molecule has 3 rings (SSSR count). The van der Waals surface area contributed by atoms with Gasteiger partial charge in [0, 0.05) is 28.5 Å². The number of thiophene rings is 1. The van der Waals surface area contributed by atoms with Gasteiger partial charge in [-0.15, -0.1) is 11.3 Å². The minimum Gasteiger partial charge on any atom is -0.454 e. The number of hydrogen-bond acceptors (Lipinski definition) is 5. The maximum absolute atomic E-state index is 12.8. The second-order valence-electron chi connectivity index (χ2n) is 5.38. The molecular formula is C17H19NO4S. The Kier molecular flexibility index (Phi) is 4.83. The maximum atomic E-state index is 12.8. The molecule has 0 saturated heterocycles. The Balaban J connectivity index is 1.79. The molecule has 1 aromatic heterocycles. The smallest absolute Gasteiger partial charge is 0.254 e. The lowest BCUT2D eigenvalue weighted by molar-refractivity contribution is 0.0733. The summed E-state index contributed by atoms with van der Waals surface area (Å²) in [6, 6.07) is 9.32. The zero-order valence-electron chi connectivity index (χ0n) is 12.9. The number of carbonyl (C=O) groups is 1. The fraction of sp³-hybridized carbons (Fsp3) is 0.353. The fourth-order valence-corrected chi connectivity index (χ4v) is 3.39. The SMILES string of the molecule is Cc1ccc(CN(CCCO)C(=O)c2ccc3c(c2)OCO3)s1. The lowest BCUT2D eigenvalue weighted by Gasteiger charge is -2.22. The molecule has 23 heavy (non-hydrogen) atoms. The van der Waals surface area contributed by atoms with Crippen LogP contribution in [0.1, 0.15) is 26.5 Å². The summed E-state index contributed by atoms with van der Waals surface area (Å²) in [4.78, 5) is 16.9. The molecular weight excluding hydrogens is 314 g/mol. The molecule has 0 aliphatic carbocycles. The quantitative estimate of drug-likeness (QED) is 0.883. The van der Waals surface area contributed by atoms with Gasteiger partial charge in [0.25, 0.3) is 5.91 Å². The van der Waals surface area contributed by atoms with Crippen LogP contribution in [0.2, 0.25) is 0 Å². The minimum absolute atomic E-state index is 0.0639. The molecule has 1 N–H and O–H groups in total. The van der Waals surface area contributed by atoms with E-state index in [-0.39, 0.29) is 19.3 Å². The monoisotopic (exact) mass is 333 g/mol. The first kappa shape index (κ1) is 15.8.